The summed E-state index contributed by atoms with van der Waals surface area (Å²) in [5.41, 5.74) is -0.0283. The molecule has 0 spiro atoms. The number of nitro benzene ring substituents is 1. The Labute approximate surface area is 184 Å². The summed E-state index contributed by atoms with van der Waals surface area (Å²) in [6.45, 7) is 1.94. The van der Waals surface area contributed by atoms with Crippen LogP contribution >= 0.6 is 0 Å². The smallest absolute Gasteiger partial charge is 0.447 e. The molecular formula is C14H13KN2O8. The van der Waals surface area contributed by atoms with Gasteiger partial charge in [0.15, 0.2) is 18.5 Å². The molecule has 1 fully saturated rings. The minimum Gasteiger partial charge on any atom is -0.447 e. The van der Waals surface area contributed by atoms with Crippen LogP contribution in [0.3, 0.4) is 0 Å². The summed E-state index contributed by atoms with van der Waals surface area (Å²) in [4.78, 5) is 44.5. The number of hydrogen-bond acceptors (Lipinski definition) is 8. The van der Waals surface area contributed by atoms with E-state index < -0.39 is 46.0 Å². The van der Waals surface area contributed by atoms with Crippen LogP contribution in [0.1, 0.15) is 25.3 Å². The van der Waals surface area contributed by atoms with Gasteiger partial charge in [0.25, 0.3) is 5.69 Å². The number of benzene rings is 1. The predicted octanol–water partition coefficient (Wildman–Crippen LogP) is -1.63. The van der Waals surface area contributed by atoms with E-state index >= 15 is 0 Å². The first kappa shape index (κ1) is 21.5. The predicted molar refractivity (Wildman–Crippen MR) is 77.2 cm³/mol. The van der Waals surface area contributed by atoms with Crippen molar-refractivity contribution >= 4 is 17.6 Å². The van der Waals surface area contributed by atoms with E-state index in [0.29, 0.717) is 0 Å². The zero-order chi connectivity index (χ0) is 18.1. The average molecular weight is 376 g/mol. The van der Waals surface area contributed by atoms with E-state index in [1.807, 2.05) is 0 Å². The largest absolute Gasteiger partial charge is 1.00 e. The quantitative estimate of drug-likeness (QED) is 0.196. The topological polar surface area (TPSA) is 139 Å². The molecule has 1 aliphatic rings. The molecule has 0 aromatic heterocycles. The number of carbonyl (C=O) groups excluding carboxylic acids is 2. The fourth-order valence-electron chi connectivity index (χ4n) is 2.29. The maximum atomic E-state index is 12.1. The van der Waals surface area contributed by atoms with Crippen LogP contribution in [-0.2, 0) is 19.1 Å². The summed E-state index contributed by atoms with van der Waals surface area (Å²) in [6, 6.07) is 4.76. The molecule has 2 rings (SSSR count). The minimum atomic E-state index is -1.47. The van der Waals surface area contributed by atoms with Crippen LogP contribution in [0.5, 0.6) is 0 Å². The molecule has 0 aliphatic carbocycles. The van der Waals surface area contributed by atoms with Crippen molar-refractivity contribution in [3.8, 4) is 0 Å². The van der Waals surface area contributed by atoms with E-state index in [1.54, 1.807) is 0 Å². The van der Waals surface area contributed by atoms with E-state index in [1.165, 1.54) is 26.0 Å². The van der Waals surface area contributed by atoms with Crippen LogP contribution in [0.15, 0.2) is 24.3 Å². The fraction of sp³-hybridized carbons (Fsp3) is 0.357. The van der Waals surface area contributed by atoms with Crippen molar-refractivity contribution in [2.75, 3.05) is 6.54 Å². The molecule has 0 N–H and O–H groups in total. The molecule has 1 unspecified atom stereocenters. The molecular weight excluding hydrogens is 363 g/mol. The van der Waals surface area contributed by atoms with Gasteiger partial charge in [0.05, 0.1) is 4.92 Å². The molecule has 0 radical (unpaired) electrons. The number of rotatable bonds is 5. The van der Waals surface area contributed by atoms with Gasteiger partial charge in [-0.05, 0) is 5.92 Å². The van der Waals surface area contributed by atoms with Crippen molar-refractivity contribution in [1.29, 1.82) is 0 Å². The second kappa shape index (κ2) is 8.23. The Morgan fingerprint density at radius 2 is 1.56 bits per heavy atom. The molecule has 11 heteroatoms. The van der Waals surface area contributed by atoms with Crippen molar-refractivity contribution in [2.24, 2.45) is 0 Å². The molecule has 0 amide bonds. The zero-order valence-electron chi connectivity index (χ0n) is 13.8. The van der Waals surface area contributed by atoms with E-state index in [0.717, 1.165) is 12.1 Å². The molecule has 0 saturated carbocycles. The molecule has 25 heavy (non-hydrogen) atoms. The standard InChI is InChI=1S/C14H13N2O8.K/c1-14(2)23-12(17)11(13(18)24-14)10(7-15(19)20)8-3-5-9(6-4-8)16(21)22;/h3-6,10H,7H2,1-2H3;/q-1;+1. The first-order chi connectivity index (χ1) is 11.1. The molecule has 1 aromatic carbocycles. The van der Waals surface area contributed by atoms with Gasteiger partial charge in [0.2, 0.25) is 5.79 Å². The molecule has 0 bridgehead atoms. The van der Waals surface area contributed by atoms with Gasteiger partial charge in [-0.2, -0.15) is 5.92 Å². The average Bonchev–Trinajstić information content (AvgIpc) is 2.43. The van der Waals surface area contributed by atoms with E-state index in [9.17, 15) is 29.8 Å². The van der Waals surface area contributed by atoms with Crippen molar-refractivity contribution in [2.45, 2.75) is 25.6 Å². The molecule has 10 nitrogen and oxygen atoms in total. The number of hydrogen-bond donors (Lipinski definition) is 0. The van der Waals surface area contributed by atoms with Gasteiger partial charge in [-0.15, -0.1) is 0 Å². The minimum absolute atomic E-state index is 0. The maximum Gasteiger partial charge on any atom is 1.00 e. The monoisotopic (exact) mass is 376 g/mol. The summed E-state index contributed by atoms with van der Waals surface area (Å²) in [5.74, 6) is -5.24. The number of nitrogens with zero attached hydrogens (tertiary/aromatic N) is 2. The van der Waals surface area contributed by atoms with Crippen LogP contribution in [0.2, 0.25) is 0 Å². The molecule has 1 saturated heterocycles. The number of cyclic esters (lactones) is 2. The normalized spacial score (nSPS) is 17.0. The number of ether oxygens (including phenoxy) is 2. The van der Waals surface area contributed by atoms with Gasteiger partial charge in [-0.25, -0.2) is 0 Å². The molecule has 1 aliphatic heterocycles. The summed E-state index contributed by atoms with van der Waals surface area (Å²) < 4.78 is 9.91. The summed E-state index contributed by atoms with van der Waals surface area (Å²) in [5, 5.41) is 21.6. The van der Waals surface area contributed by atoms with Gasteiger partial charge >= 0.3 is 51.4 Å². The van der Waals surface area contributed by atoms with Crippen LogP contribution in [0.25, 0.3) is 0 Å². The fourth-order valence-corrected chi connectivity index (χ4v) is 2.29. The van der Waals surface area contributed by atoms with Gasteiger partial charge in [0.1, 0.15) is 0 Å². The van der Waals surface area contributed by atoms with E-state index in [2.05, 4.69) is 0 Å². The Bertz CT molecular complexity index is 683. The van der Waals surface area contributed by atoms with Crippen LogP contribution in [0.4, 0.5) is 5.69 Å². The van der Waals surface area contributed by atoms with Crippen LogP contribution < -0.4 is 51.4 Å². The summed E-state index contributed by atoms with van der Waals surface area (Å²) in [6.07, 6.45) is 0. The van der Waals surface area contributed by atoms with E-state index in [4.69, 9.17) is 9.47 Å². The SMILES string of the molecule is CC1(C)OC(=O)[C-](C(C[N+](=O)[O-])c2ccc([N+](=O)[O-])cc2)C(=O)O1.[K+]. The maximum absolute atomic E-state index is 12.1. The third-order valence-electron chi connectivity index (χ3n) is 3.30. The molecule has 1 atom stereocenters. The van der Waals surface area contributed by atoms with Crippen molar-refractivity contribution in [3.63, 3.8) is 0 Å². The van der Waals surface area contributed by atoms with Crippen LogP contribution in [-0.4, -0.2) is 34.1 Å². The third-order valence-corrected chi connectivity index (χ3v) is 3.30. The van der Waals surface area contributed by atoms with Crippen molar-refractivity contribution < 1.29 is 80.3 Å². The van der Waals surface area contributed by atoms with Gasteiger partial charge in [-0.1, -0.05) is 17.7 Å². The van der Waals surface area contributed by atoms with Gasteiger partial charge in [0, 0.05) is 30.9 Å². The molecule has 1 aromatic rings. The Kier molecular flexibility index (Phi) is 7.08. The number of carbonyl (C=O) groups is 2. The van der Waals surface area contributed by atoms with Gasteiger partial charge < -0.3 is 9.47 Å². The van der Waals surface area contributed by atoms with Crippen molar-refractivity contribution in [3.05, 3.63) is 56.0 Å². The third kappa shape index (κ3) is 5.22. The van der Waals surface area contributed by atoms with Crippen LogP contribution in [0, 0.1) is 26.1 Å². The first-order valence-corrected chi connectivity index (χ1v) is 6.80. The van der Waals surface area contributed by atoms with Gasteiger partial charge in [-0.3, -0.25) is 29.8 Å². The Balaban J connectivity index is 0.00000312. The second-order valence-corrected chi connectivity index (χ2v) is 5.51. The number of esters is 2. The Morgan fingerprint density at radius 3 is 1.96 bits per heavy atom. The Morgan fingerprint density at radius 1 is 1.08 bits per heavy atom. The summed E-state index contributed by atoms with van der Waals surface area (Å²) >= 11 is 0. The summed E-state index contributed by atoms with van der Waals surface area (Å²) in [7, 11) is 0. The Hall–Kier alpha value is -1.53. The molecule has 1 heterocycles. The van der Waals surface area contributed by atoms with Crippen molar-refractivity contribution in [1.82, 2.24) is 0 Å². The second-order valence-electron chi connectivity index (χ2n) is 5.51. The zero-order valence-corrected chi connectivity index (χ0v) is 16.9. The number of non-ortho nitro benzene ring substituents is 1. The first-order valence-electron chi connectivity index (χ1n) is 6.80. The number of nitro groups is 2. The van der Waals surface area contributed by atoms with E-state index in [-0.39, 0.29) is 62.6 Å². The molecule has 128 valence electrons.